The van der Waals surface area contributed by atoms with Crippen molar-refractivity contribution in [3.63, 3.8) is 0 Å². The van der Waals surface area contributed by atoms with Gasteiger partial charge in [-0.25, -0.2) is 0 Å². The summed E-state index contributed by atoms with van der Waals surface area (Å²) in [6, 6.07) is 31.2. The number of ether oxygens (including phenoxy) is 1. The van der Waals surface area contributed by atoms with E-state index in [1.54, 1.807) is 35.3 Å². The standard InChI is InChI=1S/C23H18OS3/c1-4-10-18(11-5-1)25-21-16-22(26-19-12-6-2-7-13-19)24-23(17-21)27-20-14-8-3-9-15-20/h1-17,22H. The number of benzene rings is 3. The molecule has 0 bridgehead atoms. The van der Waals surface area contributed by atoms with Gasteiger partial charge in [0.2, 0.25) is 0 Å². The molecule has 27 heavy (non-hydrogen) atoms. The average molecular weight is 407 g/mol. The van der Waals surface area contributed by atoms with Crippen LogP contribution in [0.4, 0.5) is 0 Å². The molecule has 1 aliphatic heterocycles. The minimum absolute atomic E-state index is 0.0465. The number of rotatable bonds is 6. The third-order valence-corrected chi connectivity index (χ3v) is 6.66. The molecule has 0 radical (unpaired) electrons. The van der Waals surface area contributed by atoms with Crippen molar-refractivity contribution in [2.24, 2.45) is 0 Å². The van der Waals surface area contributed by atoms with E-state index in [0.29, 0.717) is 0 Å². The van der Waals surface area contributed by atoms with E-state index in [2.05, 4.69) is 84.9 Å². The van der Waals surface area contributed by atoms with E-state index in [4.69, 9.17) is 4.74 Å². The van der Waals surface area contributed by atoms with Crippen molar-refractivity contribution >= 4 is 35.3 Å². The third-order valence-electron chi connectivity index (χ3n) is 3.73. The second-order valence-electron chi connectivity index (χ2n) is 5.78. The van der Waals surface area contributed by atoms with Crippen LogP contribution in [0.15, 0.2) is 128 Å². The molecule has 0 saturated heterocycles. The number of hydrogen-bond donors (Lipinski definition) is 0. The van der Waals surface area contributed by atoms with Gasteiger partial charge in [0.1, 0.15) is 0 Å². The summed E-state index contributed by atoms with van der Waals surface area (Å²) in [7, 11) is 0. The molecule has 134 valence electrons. The lowest BCUT2D eigenvalue weighted by molar-refractivity contribution is 0.245. The molecule has 4 heteroatoms. The van der Waals surface area contributed by atoms with Crippen LogP contribution in [0, 0.1) is 0 Å². The van der Waals surface area contributed by atoms with Gasteiger partial charge in [0.05, 0.1) is 0 Å². The summed E-state index contributed by atoms with van der Waals surface area (Å²) in [5.41, 5.74) is -0.0465. The van der Waals surface area contributed by atoms with E-state index < -0.39 is 0 Å². The fraction of sp³-hybridized carbons (Fsp3) is 0.0435. The molecule has 3 aromatic rings. The molecule has 0 N–H and O–H groups in total. The first kappa shape index (κ1) is 18.4. The van der Waals surface area contributed by atoms with Crippen molar-refractivity contribution in [3.05, 3.63) is 113 Å². The Balaban J connectivity index is 1.56. The van der Waals surface area contributed by atoms with Crippen molar-refractivity contribution in [1.29, 1.82) is 0 Å². The van der Waals surface area contributed by atoms with Crippen LogP contribution in [-0.2, 0) is 4.74 Å². The van der Waals surface area contributed by atoms with Crippen LogP contribution in [0.5, 0.6) is 0 Å². The fourth-order valence-corrected chi connectivity index (χ4v) is 5.48. The quantitative estimate of drug-likeness (QED) is 0.420. The van der Waals surface area contributed by atoms with Gasteiger partial charge in [0.15, 0.2) is 10.5 Å². The summed E-state index contributed by atoms with van der Waals surface area (Å²) >= 11 is 5.16. The highest BCUT2D eigenvalue weighted by Crippen LogP contribution is 2.41. The smallest absolute Gasteiger partial charge is 0.169 e. The molecule has 1 aliphatic rings. The zero-order valence-electron chi connectivity index (χ0n) is 14.5. The lowest BCUT2D eigenvalue weighted by Gasteiger charge is -2.22. The second kappa shape index (κ2) is 9.27. The van der Waals surface area contributed by atoms with Gasteiger partial charge in [-0.1, -0.05) is 89.9 Å². The Morgan fingerprint density at radius 1 is 0.593 bits per heavy atom. The van der Waals surface area contributed by atoms with Gasteiger partial charge in [0, 0.05) is 25.7 Å². The van der Waals surface area contributed by atoms with E-state index in [1.807, 2.05) is 18.2 Å². The Hall–Kier alpha value is -2.01. The molecule has 0 spiro atoms. The zero-order chi connectivity index (χ0) is 18.3. The van der Waals surface area contributed by atoms with Gasteiger partial charge < -0.3 is 4.74 Å². The summed E-state index contributed by atoms with van der Waals surface area (Å²) in [5.74, 6) is 0. The highest BCUT2D eigenvalue weighted by Gasteiger charge is 2.19. The van der Waals surface area contributed by atoms with Crippen molar-refractivity contribution in [2.75, 3.05) is 0 Å². The molecule has 0 aromatic heterocycles. The Kier molecular flexibility index (Phi) is 6.30. The summed E-state index contributed by atoms with van der Waals surface area (Å²) in [4.78, 5) is 4.82. The summed E-state index contributed by atoms with van der Waals surface area (Å²) in [6.45, 7) is 0. The summed E-state index contributed by atoms with van der Waals surface area (Å²) < 4.78 is 6.26. The molecule has 0 aliphatic carbocycles. The molecule has 0 amide bonds. The molecule has 1 unspecified atom stereocenters. The summed E-state index contributed by atoms with van der Waals surface area (Å²) in [5, 5.41) is 0.926. The average Bonchev–Trinajstić information content (AvgIpc) is 2.70. The number of hydrogen-bond acceptors (Lipinski definition) is 4. The zero-order valence-corrected chi connectivity index (χ0v) is 17.0. The van der Waals surface area contributed by atoms with E-state index in [-0.39, 0.29) is 5.44 Å². The van der Waals surface area contributed by atoms with Crippen molar-refractivity contribution in [2.45, 2.75) is 20.1 Å². The van der Waals surface area contributed by atoms with Gasteiger partial charge >= 0.3 is 0 Å². The van der Waals surface area contributed by atoms with Crippen molar-refractivity contribution in [3.8, 4) is 0 Å². The Bertz CT molecular complexity index is 922. The largest absolute Gasteiger partial charge is 0.469 e. The normalized spacial score (nSPS) is 16.2. The molecule has 0 saturated carbocycles. The molecular weight excluding hydrogens is 388 g/mol. The van der Waals surface area contributed by atoms with E-state index in [9.17, 15) is 0 Å². The first-order valence-electron chi connectivity index (χ1n) is 8.63. The minimum Gasteiger partial charge on any atom is -0.469 e. The van der Waals surface area contributed by atoms with E-state index in [0.717, 1.165) is 5.09 Å². The van der Waals surface area contributed by atoms with Crippen LogP contribution in [0.25, 0.3) is 0 Å². The van der Waals surface area contributed by atoms with Crippen LogP contribution in [0.1, 0.15) is 0 Å². The van der Waals surface area contributed by atoms with Crippen LogP contribution >= 0.6 is 35.3 Å². The second-order valence-corrected chi connectivity index (χ2v) is 9.18. The van der Waals surface area contributed by atoms with E-state index >= 15 is 0 Å². The highest BCUT2D eigenvalue weighted by molar-refractivity contribution is 8.04. The lowest BCUT2D eigenvalue weighted by Crippen LogP contribution is -2.08. The van der Waals surface area contributed by atoms with Crippen LogP contribution in [0.3, 0.4) is 0 Å². The Morgan fingerprint density at radius 3 is 1.70 bits per heavy atom. The molecule has 1 nitrogen and oxygen atoms in total. The monoisotopic (exact) mass is 406 g/mol. The fourth-order valence-electron chi connectivity index (χ4n) is 2.52. The van der Waals surface area contributed by atoms with Gasteiger partial charge in [-0.15, -0.1) is 0 Å². The van der Waals surface area contributed by atoms with Crippen LogP contribution in [-0.4, -0.2) is 5.44 Å². The number of allylic oxidation sites excluding steroid dienone is 1. The van der Waals surface area contributed by atoms with Crippen molar-refractivity contribution in [1.82, 2.24) is 0 Å². The van der Waals surface area contributed by atoms with Crippen LogP contribution < -0.4 is 0 Å². The topological polar surface area (TPSA) is 9.23 Å². The molecule has 1 atom stereocenters. The Labute approximate surface area is 172 Å². The maximum absolute atomic E-state index is 6.26. The number of thioether (sulfide) groups is 3. The predicted octanol–water partition coefficient (Wildman–Crippen LogP) is 7.44. The maximum Gasteiger partial charge on any atom is 0.169 e. The van der Waals surface area contributed by atoms with Gasteiger partial charge in [-0.3, -0.25) is 0 Å². The first-order chi connectivity index (χ1) is 13.3. The minimum atomic E-state index is -0.0465. The maximum atomic E-state index is 6.26. The molecule has 4 rings (SSSR count). The predicted molar refractivity (Wildman–Crippen MR) is 118 cm³/mol. The molecule has 1 heterocycles. The molecule has 0 fully saturated rings. The molecular formula is C23H18OS3. The SMILES string of the molecule is C1=C(Sc2ccccc2)C=C(Sc2ccccc2)OC1Sc1ccccc1. The summed E-state index contributed by atoms with van der Waals surface area (Å²) in [6.07, 6.45) is 4.34. The Morgan fingerprint density at radius 2 is 1.11 bits per heavy atom. The first-order valence-corrected chi connectivity index (χ1v) is 11.1. The van der Waals surface area contributed by atoms with Gasteiger partial charge in [-0.05, 0) is 42.5 Å². The van der Waals surface area contributed by atoms with Gasteiger partial charge in [-0.2, -0.15) is 0 Å². The van der Waals surface area contributed by atoms with E-state index in [1.165, 1.54) is 19.6 Å². The van der Waals surface area contributed by atoms with Gasteiger partial charge in [0.25, 0.3) is 0 Å². The molecule has 3 aromatic carbocycles. The third kappa shape index (κ3) is 5.48. The van der Waals surface area contributed by atoms with Crippen molar-refractivity contribution < 1.29 is 4.74 Å². The van der Waals surface area contributed by atoms with Crippen LogP contribution in [0.2, 0.25) is 0 Å². The lowest BCUT2D eigenvalue weighted by atomic mass is 10.4. The highest BCUT2D eigenvalue weighted by atomic mass is 32.2.